The number of nitrogens with one attached hydrogen (secondary N) is 1. The molecule has 0 saturated carbocycles. The first-order valence-corrected chi connectivity index (χ1v) is 7.76. The molecule has 0 unspecified atom stereocenters. The fraction of sp³-hybridized carbons (Fsp3) is 0.167. The molecule has 0 atom stereocenters. The molecule has 0 radical (unpaired) electrons. The van der Waals surface area contributed by atoms with Crippen molar-refractivity contribution in [1.29, 1.82) is 0 Å². The van der Waals surface area contributed by atoms with Gasteiger partial charge < -0.3 is 9.88 Å². The molecule has 4 rings (SSSR count). The van der Waals surface area contributed by atoms with Crippen LogP contribution in [0, 0.1) is 0 Å². The lowest BCUT2D eigenvalue weighted by atomic mass is 10.2. The Morgan fingerprint density at radius 3 is 2.57 bits per heavy atom. The number of aryl methyl sites for hydroxylation is 1. The normalized spacial score (nSPS) is 11.2. The Labute approximate surface area is 134 Å². The molecule has 4 aromatic rings. The summed E-state index contributed by atoms with van der Waals surface area (Å²) in [4.78, 5) is 4.68. The molecule has 2 heterocycles. The lowest BCUT2D eigenvalue weighted by molar-refractivity contribution is 0.810. The molecule has 0 saturated heterocycles. The van der Waals surface area contributed by atoms with Gasteiger partial charge in [-0.25, -0.2) is 0 Å². The number of para-hydroxylation sites is 1. The van der Waals surface area contributed by atoms with Gasteiger partial charge in [0.2, 0.25) is 5.95 Å². The van der Waals surface area contributed by atoms with Crippen LogP contribution in [-0.2, 0) is 13.1 Å². The maximum absolute atomic E-state index is 4.68. The molecule has 0 bridgehead atoms. The SMILES string of the molecule is CCn1c2ccccc2c2nnc(NCc3ccccc3)nc21. The summed E-state index contributed by atoms with van der Waals surface area (Å²) in [6.07, 6.45) is 0. The predicted octanol–water partition coefficient (Wildman–Crippen LogP) is 3.61. The van der Waals surface area contributed by atoms with Gasteiger partial charge in [-0.05, 0) is 18.6 Å². The highest BCUT2D eigenvalue weighted by molar-refractivity contribution is 6.04. The molecule has 0 amide bonds. The van der Waals surface area contributed by atoms with Gasteiger partial charge in [-0.15, -0.1) is 10.2 Å². The van der Waals surface area contributed by atoms with E-state index in [4.69, 9.17) is 0 Å². The second-order valence-corrected chi connectivity index (χ2v) is 5.41. The van der Waals surface area contributed by atoms with Crippen molar-refractivity contribution in [2.75, 3.05) is 5.32 Å². The molecule has 5 heteroatoms. The summed E-state index contributed by atoms with van der Waals surface area (Å²) in [7, 11) is 0. The Kier molecular flexibility index (Phi) is 3.38. The van der Waals surface area contributed by atoms with Crippen LogP contribution in [0.3, 0.4) is 0 Å². The zero-order valence-electron chi connectivity index (χ0n) is 12.9. The van der Waals surface area contributed by atoms with Gasteiger partial charge in [0, 0.05) is 18.5 Å². The Morgan fingerprint density at radius 1 is 0.957 bits per heavy atom. The molecule has 0 spiro atoms. The van der Waals surface area contributed by atoms with E-state index in [2.05, 4.69) is 56.3 Å². The van der Waals surface area contributed by atoms with Crippen molar-refractivity contribution < 1.29 is 0 Å². The van der Waals surface area contributed by atoms with Gasteiger partial charge in [0.1, 0.15) is 5.52 Å². The van der Waals surface area contributed by atoms with Crippen molar-refractivity contribution in [2.45, 2.75) is 20.0 Å². The molecule has 0 fully saturated rings. The van der Waals surface area contributed by atoms with Gasteiger partial charge in [0.15, 0.2) is 5.65 Å². The molecule has 2 aromatic carbocycles. The predicted molar refractivity (Wildman–Crippen MR) is 92.3 cm³/mol. The smallest absolute Gasteiger partial charge is 0.245 e. The van der Waals surface area contributed by atoms with Gasteiger partial charge in [0.25, 0.3) is 0 Å². The standard InChI is InChI=1S/C18H17N5/c1-2-23-15-11-7-6-10-14(15)16-17(23)20-18(22-21-16)19-12-13-8-4-3-5-9-13/h3-11H,2,12H2,1H3,(H,19,20,22). The van der Waals surface area contributed by atoms with E-state index in [1.807, 2.05) is 30.3 Å². The monoisotopic (exact) mass is 303 g/mol. The average Bonchev–Trinajstić information content (AvgIpc) is 2.94. The third-order valence-electron chi connectivity index (χ3n) is 3.98. The van der Waals surface area contributed by atoms with Gasteiger partial charge in [-0.1, -0.05) is 48.5 Å². The van der Waals surface area contributed by atoms with Gasteiger partial charge >= 0.3 is 0 Å². The van der Waals surface area contributed by atoms with Crippen molar-refractivity contribution >= 4 is 28.0 Å². The van der Waals surface area contributed by atoms with Crippen LogP contribution in [0.1, 0.15) is 12.5 Å². The van der Waals surface area contributed by atoms with Gasteiger partial charge in [0.05, 0.1) is 5.52 Å². The van der Waals surface area contributed by atoms with Crippen molar-refractivity contribution in [3.63, 3.8) is 0 Å². The lowest BCUT2D eigenvalue weighted by Crippen LogP contribution is -2.06. The van der Waals surface area contributed by atoms with Crippen molar-refractivity contribution in [3.05, 3.63) is 60.2 Å². The Balaban J connectivity index is 1.74. The average molecular weight is 303 g/mol. The minimum atomic E-state index is 0.554. The van der Waals surface area contributed by atoms with Crippen molar-refractivity contribution in [1.82, 2.24) is 19.7 Å². The molecule has 114 valence electrons. The molecular weight excluding hydrogens is 286 g/mol. The molecule has 0 aliphatic heterocycles. The maximum atomic E-state index is 4.68. The fourth-order valence-corrected chi connectivity index (χ4v) is 2.88. The minimum absolute atomic E-state index is 0.554. The van der Waals surface area contributed by atoms with Crippen LogP contribution >= 0.6 is 0 Å². The summed E-state index contributed by atoms with van der Waals surface area (Å²) < 4.78 is 2.17. The molecule has 23 heavy (non-hydrogen) atoms. The third kappa shape index (κ3) is 2.40. The molecule has 2 aromatic heterocycles. The van der Waals surface area contributed by atoms with E-state index < -0.39 is 0 Å². The van der Waals surface area contributed by atoms with Crippen molar-refractivity contribution in [3.8, 4) is 0 Å². The summed E-state index contributed by atoms with van der Waals surface area (Å²) in [6.45, 7) is 3.65. The molecular formula is C18H17N5. The third-order valence-corrected chi connectivity index (χ3v) is 3.98. The summed E-state index contributed by atoms with van der Waals surface area (Å²) in [5, 5.41) is 13.0. The fourth-order valence-electron chi connectivity index (χ4n) is 2.88. The summed E-state index contributed by atoms with van der Waals surface area (Å²) >= 11 is 0. The number of hydrogen-bond acceptors (Lipinski definition) is 4. The Morgan fingerprint density at radius 2 is 1.74 bits per heavy atom. The highest BCUT2D eigenvalue weighted by Gasteiger charge is 2.13. The highest BCUT2D eigenvalue weighted by atomic mass is 15.3. The van der Waals surface area contributed by atoms with E-state index >= 15 is 0 Å². The van der Waals surface area contributed by atoms with Crippen LogP contribution in [0.5, 0.6) is 0 Å². The quantitative estimate of drug-likeness (QED) is 0.625. The topological polar surface area (TPSA) is 55.6 Å². The molecule has 1 N–H and O–H groups in total. The number of aromatic nitrogens is 4. The van der Waals surface area contributed by atoms with Crippen LogP contribution in [-0.4, -0.2) is 19.7 Å². The number of hydrogen-bond donors (Lipinski definition) is 1. The van der Waals surface area contributed by atoms with Crippen molar-refractivity contribution in [2.24, 2.45) is 0 Å². The highest BCUT2D eigenvalue weighted by Crippen LogP contribution is 2.26. The molecule has 0 aliphatic carbocycles. The zero-order chi connectivity index (χ0) is 15.6. The summed E-state index contributed by atoms with van der Waals surface area (Å²) in [5.74, 6) is 0.554. The number of benzene rings is 2. The van der Waals surface area contributed by atoms with Crippen LogP contribution < -0.4 is 5.32 Å². The Hall–Kier alpha value is -2.95. The van der Waals surface area contributed by atoms with Gasteiger partial charge in [-0.2, -0.15) is 4.98 Å². The van der Waals surface area contributed by atoms with Gasteiger partial charge in [-0.3, -0.25) is 0 Å². The first kappa shape index (κ1) is 13.7. The Bertz CT molecular complexity index is 959. The maximum Gasteiger partial charge on any atom is 0.245 e. The van der Waals surface area contributed by atoms with Crippen LogP contribution in [0.15, 0.2) is 54.6 Å². The number of rotatable bonds is 4. The molecule has 5 nitrogen and oxygen atoms in total. The van der Waals surface area contributed by atoms with Crippen LogP contribution in [0.4, 0.5) is 5.95 Å². The van der Waals surface area contributed by atoms with E-state index in [1.165, 1.54) is 5.56 Å². The number of fused-ring (bicyclic) bond motifs is 3. The van der Waals surface area contributed by atoms with E-state index in [9.17, 15) is 0 Å². The largest absolute Gasteiger partial charge is 0.349 e. The minimum Gasteiger partial charge on any atom is -0.349 e. The lowest BCUT2D eigenvalue weighted by Gasteiger charge is -2.05. The van der Waals surface area contributed by atoms with Crippen LogP contribution in [0.25, 0.3) is 22.1 Å². The van der Waals surface area contributed by atoms with E-state index in [1.54, 1.807) is 0 Å². The summed E-state index contributed by atoms with van der Waals surface area (Å²) in [6, 6.07) is 18.4. The second kappa shape index (κ2) is 5.68. The van der Waals surface area contributed by atoms with E-state index in [-0.39, 0.29) is 0 Å². The number of anilines is 1. The zero-order valence-corrected chi connectivity index (χ0v) is 12.9. The summed E-state index contributed by atoms with van der Waals surface area (Å²) in [5.41, 5.74) is 4.06. The first-order valence-electron chi connectivity index (χ1n) is 7.76. The van der Waals surface area contributed by atoms with E-state index in [0.717, 1.165) is 28.6 Å². The van der Waals surface area contributed by atoms with E-state index in [0.29, 0.717) is 12.5 Å². The van der Waals surface area contributed by atoms with Crippen LogP contribution in [0.2, 0.25) is 0 Å². The number of nitrogens with zero attached hydrogens (tertiary/aromatic N) is 4. The second-order valence-electron chi connectivity index (χ2n) is 5.41. The molecule has 0 aliphatic rings. The first-order chi connectivity index (χ1) is 11.4.